The van der Waals surface area contributed by atoms with Crippen LogP contribution in [0.1, 0.15) is 36.0 Å². The Hall–Kier alpha value is -2.62. The SMILES string of the molecule is O=C(O)CC1(NC(=O)c2ccc(-c3ccccc3)cc2)CCC1. The lowest BCUT2D eigenvalue weighted by atomic mass is 9.74. The van der Waals surface area contributed by atoms with E-state index in [0.29, 0.717) is 5.56 Å². The van der Waals surface area contributed by atoms with Crippen molar-refractivity contribution in [2.75, 3.05) is 0 Å². The van der Waals surface area contributed by atoms with E-state index in [1.807, 2.05) is 42.5 Å². The molecule has 0 unspecified atom stereocenters. The number of carbonyl (C=O) groups excluding carboxylic acids is 1. The number of aliphatic carboxylic acids is 1. The van der Waals surface area contributed by atoms with Crippen molar-refractivity contribution in [1.82, 2.24) is 5.32 Å². The fourth-order valence-electron chi connectivity index (χ4n) is 3.00. The van der Waals surface area contributed by atoms with E-state index in [0.717, 1.165) is 30.4 Å². The number of benzene rings is 2. The second kappa shape index (κ2) is 6.24. The number of nitrogens with one attached hydrogen (secondary N) is 1. The Balaban J connectivity index is 1.72. The highest BCUT2D eigenvalue weighted by Gasteiger charge is 2.40. The molecule has 2 aromatic rings. The van der Waals surface area contributed by atoms with E-state index in [2.05, 4.69) is 5.32 Å². The first kappa shape index (κ1) is 15.3. The molecule has 2 aromatic carbocycles. The van der Waals surface area contributed by atoms with Crippen molar-refractivity contribution >= 4 is 11.9 Å². The van der Waals surface area contributed by atoms with Gasteiger partial charge in [-0.2, -0.15) is 0 Å². The summed E-state index contributed by atoms with van der Waals surface area (Å²) in [5.74, 6) is -1.07. The summed E-state index contributed by atoms with van der Waals surface area (Å²) in [6.07, 6.45) is 2.40. The van der Waals surface area contributed by atoms with Gasteiger partial charge in [0.1, 0.15) is 0 Å². The molecule has 0 aliphatic heterocycles. The average Bonchev–Trinajstić information content (AvgIpc) is 2.53. The van der Waals surface area contributed by atoms with Crippen LogP contribution in [0.2, 0.25) is 0 Å². The molecule has 1 amide bonds. The predicted molar refractivity (Wildman–Crippen MR) is 88.2 cm³/mol. The molecule has 1 aliphatic rings. The Kier molecular flexibility index (Phi) is 4.15. The lowest BCUT2D eigenvalue weighted by Gasteiger charge is -2.41. The van der Waals surface area contributed by atoms with Gasteiger partial charge in [-0.15, -0.1) is 0 Å². The number of hydrogen-bond donors (Lipinski definition) is 2. The largest absolute Gasteiger partial charge is 0.481 e. The van der Waals surface area contributed by atoms with E-state index in [1.165, 1.54) is 0 Å². The number of amides is 1. The minimum Gasteiger partial charge on any atom is -0.481 e. The van der Waals surface area contributed by atoms with Gasteiger partial charge in [-0.1, -0.05) is 42.5 Å². The van der Waals surface area contributed by atoms with Gasteiger partial charge in [-0.05, 0) is 42.5 Å². The molecular formula is C19H19NO3. The van der Waals surface area contributed by atoms with Crippen LogP contribution in [-0.4, -0.2) is 22.5 Å². The Morgan fingerprint density at radius 1 is 0.957 bits per heavy atom. The number of carbonyl (C=O) groups is 2. The topological polar surface area (TPSA) is 66.4 Å². The van der Waals surface area contributed by atoms with Crippen LogP contribution < -0.4 is 5.32 Å². The third-order valence-electron chi connectivity index (χ3n) is 4.43. The monoisotopic (exact) mass is 309 g/mol. The van der Waals surface area contributed by atoms with Crippen LogP contribution >= 0.6 is 0 Å². The lowest BCUT2D eigenvalue weighted by Crippen LogP contribution is -2.54. The standard InChI is InChI=1S/C19H19NO3/c21-17(22)13-19(11-4-12-19)20-18(23)16-9-7-15(8-10-16)14-5-2-1-3-6-14/h1-3,5-10H,4,11-13H2,(H,20,23)(H,21,22). The molecular weight excluding hydrogens is 290 g/mol. The minimum atomic E-state index is -0.871. The van der Waals surface area contributed by atoms with Crippen LogP contribution in [0.4, 0.5) is 0 Å². The van der Waals surface area contributed by atoms with Crippen LogP contribution in [0.25, 0.3) is 11.1 Å². The molecule has 1 aliphatic carbocycles. The highest BCUT2D eigenvalue weighted by molar-refractivity contribution is 5.95. The summed E-state index contributed by atoms with van der Waals surface area (Å²) < 4.78 is 0. The maximum Gasteiger partial charge on any atom is 0.305 e. The van der Waals surface area contributed by atoms with Gasteiger partial charge in [0.2, 0.25) is 0 Å². The summed E-state index contributed by atoms with van der Waals surface area (Å²) in [4.78, 5) is 23.4. The van der Waals surface area contributed by atoms with Crippen LogP contribution in [0.5, 0.6) is 0 Å². The van der Waals surface area contributed by atoms with E-state index in [-0.39, 0.29) is 12.3 Å². The maximum atomic E-state index is 12.4. The van der Waals surface area contributed by atoms with Crippen molar-refractivity contribution in [3.8, 4) is 11.1 Å². The van der Waals surface area contributed by atoms with Crippen molar-refractivity contribution in [3.05, 3.63) is 60.2 Å². The molecule has 0 heterocycles. The summed E-state index contributed by atoms with van der Waals surface area (Å²) in [5.41, 5.74) is 2.13. The summed E-state index contributed by atoms with van der Waals surface area (Å²) in [6, 6.07) is 17.3. The van der Waals surface area contributed by atoms with Crippen molar-refractivity contribution < 1.29 is 14.7 Å². The highest BCUT2D eigenvalue weighted by atomic mass is 16.4. The first-order valence-corrected chi connectivity index (χ1v) is 7.78. The van der Waals surface area contributed by atoms with E-state index in [4.69, 9.17) is 5.11 Å². The third-order valence-corrected chi connectivity index (χ3v) is 4.43. The van der Waals surface area contributed by atoms with Gasteiger partial charge in [0, 0.05) is 5.56 Å². The molecule has 0 aromatic heterocycles. The van der Waals surface area contributed by atoms with Gasteiger partial charge in [0.05, 0.1) is 12.0 Å². The molecule has 4 nitrogen and oxygen atoms in total. The predicted octanol–water partition coefficient (Wildman–Crippen LogP) is 3.48. The second-order valence-electron chi connectivity index (χ2n) is 6.10. The highest BCUT2D eigenvalue weighted by Crippen LogP contribution is 2.35. The molecule has 2 N–H and O–H groups in total. The fraction of sp³-hybridized carbons (Fsp3) is 0.263. The van der Waals surface area contributed by atoms with Gasteiger partial charge >= 0.3 is 5.97 Å². The molecule has 0 spiro atoms. The Labute approximate surface area is 135 Å². The number of carboxylic acids is 1. The van der Waals surface area contributed by atoms with Crippen molar-refractivity contribution in [1.29, 1.82) is 0 Å². The van der Waals surface area contributed by atoms with E-state index < -0.39 is 11.5 Å². The number of carboxylic acid groups (broad SMARTS) is 1. The zero-order chi connectivity index (χ0) is 16.3. The van der Waals surface area contributed by atoms with E-state index >= 15 is 0 Å². The summed E-state index contributed by atoms with van der Waals surface area (Å²) in [5, 5.41) is 11.9. The Morgan fingerprint density at radius 3 is 2.09 bits per heavy atom. The average molecular weight is 309 g/mol. The van der Waals surface area contributed by atoms with E-state index in [1.54, 1.807) is 12.1 Å². The van der Waals surface area contributed by atoms with Gasteiger partial charge in [0.25, 0.3) is 5.91 Å². The fourth-order valence-corrected chi connectivity index (χ4v) is 3.00. The maximum absolute atomic E-state index is 12.4. The van der Waals surface area contributed by atoms with Crippen molar-refractivity contribution in [2.24, 2.45) is 0 Å². The second-order valence-corrected chi connectivity index (χ2v) is 6.10. The van der Waals surface area contributed by atoms with E-state index in [9.17, 15) is 9.59 Å². The molecule has 4 heteroatoms. The van der Waals surface area contributed by atoms with Gasteiger partial charge < -0.3 is 10.4 Å². The molecule has 1 fully saturated rings. The zero-order valence-corrected chi connectivity index (χ0v) is 12.8. The molecule has 118 valence electrons. The first-order valence-electron chi connectivity index (χ1n) is 7.78. The smallest absolute Gasteiger partial charge is 0.305 e. The van der Waals surface area contributed by atoms with Crippen LogP contribution in [0, 0.1) is 0 Å². The van der Waals surface area contributed by atoms with Crippen molar-refractivity contribution in [3.63, 3.8) is 0 Å². The molecule has 0 radical (unpaired) electrons. The molecule has 23 heavy (non-hydrogen) atoms. The number of hydrogen-bond acceptors (Lipinski definition) is 2. The molecule has 0 saturated heterocycles. The van der Waals surface area contributed by atoms with Gasteiger partial charge in [-0.25, -0.2) is 0 Å². The van der Waals surface area contributed by atoms with Gasteiger partial charge in [-0.3, -0.25) is 9.59 Å². The number of rotatable bonds is 5. The molecule has 0 atom stereocenters. The normalized spacial score (nSPS) is 15.5. The third kappa shape index (κ3) is 3.42. The molecule has 3 rings (SSSR count). The first-order chi connectivity index (χ1) is 11.1. The van der Waals surface area contributed by atoms with Crippen LogP contribution in [-0.2, 0) is 4.79 Å². The summed E-state index contributed by atoms with van der Waals surface area (Å²) >= 11 is 0. The zero-order valence-electron chi connectivity index (χ0n) is 12.8. The van der Waals surface area contributed by atoms with Gasteiger partial charge in [0.15, 0.2) is 0 Å². The Bertz CT molecular complexity index is 703. The molecule has 0 bridgehead atoms. The van der Waals surface area contributed by atoms with Crippen LogP contribution in [0.15, 0.2) is 54.6 Å². The lowest BCUT2D eigenvalue weighted by molar-refractivity contribution is -0.139. The quantitative estimate of drug-likeness (QED) is 0.888. The Morgan fingerprint density at radius 2 is 1.57 bits per heavy atom. The summed E-state index contributed by atoms with van der Waals surface area (Å²) in [7, 11) is 0. The van der Waals surface area contributed by atoms with Crippen LogP contribution in [0.3, 0.4) is 0 Å². The minimum absolute atomic E-state index is 0.0131. The van der Waals surface area contributed by atoms with Crippen molar-refractivity contribution in [2.45, 2.75) is 31.2 Å². The summed E-state index contributed by atoms with van der Waals surface area (Å²) in [6.45, 7) is 0. The molecule has 1 saturated carbocycles.